The van der Waals surface area contributed by atoms with E-state index in [1.54, 1.807) is 7.11 Å². The average molecular weight is 326 g/mol. The van der Waals surface area contributed by atoms with Crippen LogP contribution in [0.15, 0.2) is 22.7 Å². The van der Waals surface area contributed by atoms with Crippen LogP contribution in [0.25, 0.3) is 0 Å². The van der Waals surface area contributed by atoms with Gasteiger partial charge in [0, 0.05) is 16.6 Å². The van der Waals surface area contributed by atoms with Crippen molar-refractivity contribution < 1.29 is 4.74 Å². The van der Waals surface area contributed by atoms with E-state index in [0.29, 0.717) is 6.04 Å². The number of nitrogens with one attached hydrogen (secondary N) is 1. The van der Waals surface area contributed by atoms with Crippen LogP contribution in [0.5, 0.6) is 5.75 Å². The highest BCUT2D eigenvalue weighted by atomic mass is 79.9. The summed E-state index contributed by atoms with van der Waals surface area (Å²) >= 11 is 3.60. The van der Waals surface area contributed by atoms with Gasteiger partial charge in [-0.1, -0.05) is 13.8 Å². The first-order valence-corrected chi connectivity index (χ1v) is 7.99. The molecule has 1 saturated carbocycles. The summed E-state index contributed by atoms with van der Waals surface area (Å²) in [6.07, 6.45) is 5.23. The van der Waals surface area contributed by atoms with Crippen LogP contribution in [0, 0.1) is 11.8 Å². The van der Waals surface area contributed by atoms with Crippen molar-refractivity contribution in [1.29, 1.82) is 0 Å². The lowest BCUT2D eigenvalue weighted by atomic mass is 9.79. The molecule has 1 N–H and O–H groups in total. The number of benzene rings is 1. The number of ether oxygens (including phenoxy) is 1. The molecular weight excluding hydrogens is 302 g/mol. The highest BCUT2D eigenvalue weighted by molar-refractivity contribution is 9.10. The standard InChI is InChI=1S/C16H24BrNO/c1-11(2)12-4-6-13(7-5-12)18-16-10-14(19-3)8-9-15(16)17/h8-13,18H,4-7H2,1-3H3. The van der Waals surface area contributed by atoms with Crippen LogP contribution in [0.4, 0.5) is 5.69 Å². The Morgan fingerprint density at radius 3 is 2.47 bits per heavy atom. The summed E-state index contributed by atoms with van der Waals surface area (Å²) in [7, 11) is 1.71. The van der Waals surface area contributed by atoms with Crippen LogP contribution in [-0.4, -0.2) is 13.2 Å². The smallest absolute Gasteiger partial charge is 0.121 e. The molecule has 1 fully saturated rings. The van der Waals surface area contributed by atoms with Crippen LogP contribution >= 0.6 is 15.9 Å². The quantitative estimate of drug-likeness (QED) is 0.833. The van der Waals surface area contributed by atoms with Crippen LogP contribution in [0.3, 0.4) is 0 Å². The van der Waals surface area contributed by atoms with Crippen molar-refractivity contribution in [2.24, 2.45) is 11.8 Å². The third kappa shape index (κ3) is 3.88. The molecule has 0 radical (unpaired) electrons. The Morgan fingerprint density at radius 1 is 1.21 bits per heavy atom. The number of anilines is 1. The second kappa shape index (κ2) is 6.65. The van der Waals surface area contributed by atoms with Gasteiger partial charge in [0.2, 0.25) is 0 Å². The molecule has 0 atom stereocenters. The second-order valence-electron chi connectivity index (χ2n) is 5.85. The summed E-state index contributed by atoms with van der Waals surface area (Å²) in [6, 6.07) is 6.68. The Labute approximate surface area is 125 Å². The first-order valence-electron chi connectivity index (χ1n) is 7.20. The molecular formula is C16H24BrNO. The zero-order chi connectivity index (χ0) is 13.8. The van der Waals surface area contributed by atoms with Gasteiger partial charge in [-0.3, -0.25) is 0 Å². The van der Waals surface area contributed by atoms with Crippen molar-refractivity contribution in [1.82, 2.24) is 0 Å². The highest BCUT2D eigenvalue weighted by Gasteiger charge is 2.23. The molecule has 1 aromatic carbocycles. The first-order chi connectivity index (χ1) is 9.10. The van der Waals surface area contributed by atoms with Gasteiger partial charge in [-0.05, 0) is 65.6 Å². The fraction of sp³-hybridized carbons (Fsp3) is 0.625. The van der Waals surface area contributed by atoms with Gasteiger partial charge < -0.3 is 10.1 Å². The molecule has 1 aromatic rings. The predicted molar refractivity (Wildman–Crippen MR) is 84.9 cm³/mol. The second-order valence-corrected chi connectivity index (χ2v) is 6.70. The van der Waals surface area contributed by atoms with E-state index in [0.717, 1.165) is 27.7 Å². The Hall–Kier alpha value is -0.700. The van der Waals surface area contributed by atoms with Crippen molar-refractivity contribution in [2.75, 3.05) is 12.4 Å². The summed E-state index contributed by atoms with van der Waals surface area (Å²) in [5.74, 6) is 2.64. The molecule has 1 aliphatic rings. The fourth-order valence-corrected chi connectivity index (χ4v) is 3.25. The van der Waals surface area contributed by atoms with E-state index in [2.05, 4.69) is 41.2 Å². The van der Waals surface area contributed by atoms with Crippen LogP contribution in [-0.2, 0) is 0 Å². The monoisotopic (exact) mass is 325 g/mol. The van der Waals surface area contributed by atoms with Crippen LogP contribution in [0.1, 0.15) is 39.5 Å². The molecule has 0 aromatic heterocycles. The summed E-state index contributed by atoms with van der Waals surface area (Å²) in [5, 5.41) is 3.66. The minimum absolute atomic E-state index is 0.596. The SMILES string of the molecule is COc1ccc(Br)c(NC2CCC(C(C)C)CC2)c1. The van der Waals surface area contributed by atoms with Crippen molar-refractivity contribution >= 4 is 21.6 Å². The minimum Gasteiger partial charge on any atom is -0.497 e. The van der Waals surface area contributed by atoms with E-state index in [1.165, 1.54) is 25.7 Å². The lowest BCUT2D eigenvalue weighted by Crippen LogP contribution is -2.28. The maximum atomic E-state index is 5.29. The molecule has 2 rings (SSSR count). The molecule has 0 aliphatic heterocycles. The summed E-state index contributed by atoms with van der Waals surface area (Å²) in [5.41, 5.74) is 1.15. The van der Waals surface area contributed by atoms with Gasteiger partial charge in [0.1, 0.15) is 5.75 Å². The van der Waals surface area contributed by atoms with Crippen LogP contribution in [0.2, 0.25) is 0 Å². The van der Waals surface area contributed by atoms with Gasteiger partial charge in [-0.25, -0.2) is 0 Å². The van der Waals surface area contributed by atoms with Gasteiger partial charge in [-0.15, -0.1) is 0 Å². The molecule has 0 amide bonds. The van der Waals surface area contributed by atoms with E-state index in [4.69, 9.17) is 4.74 Å². The van der Waals surface area contributed by atoms with Crippen molar-refractivity contribution in [2.45, 2.75) is 45.6 Å². The third-order valence-corrected chi connectivity index (χ3v) is 4.94. The maximum absolute atomic E-state index is 5.29. The Kier molecular flexibility index (Phi) is 5.14. The van der Waals surface area contributed by atoms with E-state index >= 15 is 0 Å². The number of rotatable bonds is 4. The molecule has 1 aliphatic carbocycles. The van der Waals surface area contributed by atoms with Crippen LogP contribution < -0.4 is 10.1 Å². The Bertz CT molecular complexity index is 411. The van der Waals surface area contributed by atoms with E-state index in [-0.39, 0.29) is 0 Å². The molecule has 0 unspecified atom stereocenters. The maximum Gasteiger partial charge on any atom is 0.121 e. The van der Waals surface area contributed by atoms with E-state index < -0.39 is 0 Å². The lowest BCUT2D eigenvalue weighted by Gasteiger charge is -2.32. The van der Waals surface area contributed by atoms with E-state index in [9.17, 15) is 0 Å². The molecule has 2 nitrogen and oxygen atoms in total. The molecule has 19 heavy (non-hydrogen) atoms. The predicted octanol–water partition coefficient (Wildman–Crippen LogP) is 5.08. The first kappa shape index (κ1) is 14.7. The molecule has 0 saturated heterocycles. The molecule has 0 spiro atoms. The van der Waals surface area contributed by atoms with Crippen molar-refractivity contribution in [3.8, 4) is 5.75 Å². The van der Waals surface area contributed by atoms with Gasteiger partial charge in [0.25, 0.3) is 0 Å². The normalized spacial score (nSPS) is 23.4. The average Bonchev–Trinajstić information content (AvgIpc) is 2.42. The molecule has 0 heterocycles. The van der Waals surface area contributed by atoms with Crippen molar-refractivity contribution in [3.63, 3.8) is 0 Å². The largest absolute Gasteiger partial charge is 0.497 e. The zero-order valence-electron chi connectivity index (χ0n) is 12.1. The highest BCUT2D eigenvalue weighted by Crippen LogP contribution is 2.33. The number of hydrogen-bond acceptors (Lipinski definition) is 2. The number of halogens is 1. The topological polar surface area (TPSA) is 21.3 Å². The molecule has 0 bridgehead atoms. The molecule has 3 heteroatoms. The van der Waals surface area contributed by atoms with E-state index in [1.807, 2.05) is 12.1 Å². The minimum atomic E-state index is 0.596. The van der Waals surface area contributed by atoms with Crippen molar-refractivity contribution in [3.05, 3.63) is 22.7 Å². The summed E-state index contributed by atoms with van der Waals surface area (Å²) in [6.45, 7) is 4.69. The number of methoxy groups -OCH3 is 1. The zero-order valence-corrected chi connectivity index (χ0v) is 13.7. The third-order valence-electron chi connectivity index (χ3n) is 4.25. The van der Waals surface area contributed by atoms with Gasteiger partial charge in [0.05, 0.1) is 12.8 Å². The van der Waals surface area contributed by atoms with Gasteiger partial charge >= 0.3 is 0 Å². The lowest BCUT2D eigenvalue weighted by molar-refractivity contribution is 0.267. The summed E-state index contributed by atoms with van der Waals surface area (Å²) in [4.78, 5) is 0. The van der Waals surface area contributed by atoms with Gasteiger partial charge in [-0.2, -0.15) is 0 Å². The molecule has 106 valence electrons. The summed E-state index contributed by atoms with van der Waals surface area (Å²) < 4.78 is 6.40. The Balaban J connectivity index is 1.95. The van der Waals surface area contributed by atoms with Gasteiger partial charge in [0.15, 0.2) is 0 Å². The number of hydrogen-bond donors (Lipinski definition) is 1. The Morgan fingerprint density at radius 2 is 1.89 bits per heavy atom. The fourth-order valence-electron chi connectivity index (χ4n) is 2.89.